The Balaban J connectivity index is 3.03. The van der Waals surface area contributed by atoms with Gasteiger partial charge in [-0.3, -0.25) is 14.6 Å². The van der Waals surface area contributed by atoms with E-state index in [1.165, 1.54) is 6.07 Å². The molecule has 1 unspecified atom stereocenters. The summed E-state index contributed by atoms with van der Waals surface area (Å²) >= 11 is 0. The number of methoxy groups -OCH3 is 1. The first-order valence-corrected chi connectivity index (χ1v) is 6.77. The Bertz CT molecular complexity index is 579. The molecule has 23 heavy (non-hydrogen) atoms. The molecule has 8 heteroatoms. The molecule has 128 valence electrons. The summed E-state index contributed by atoms with van der Waals surface area (Å²) in [7, 11) is 1.09. The zero-order chi connectivity index (χ0) is 17.8. The molecule has 0 amide bonds. The maximum Gasteiger partial charge on any atom is 0.433 e. The quantitative estimate of drug-likeness (QED) is 0.626. The fourth-order valence-electron chi connectivity index (χ4n) is 1.77. The van der Waals surface area contributed by atoms with E-state index >= 15 is 0 Å². The van der Waals surface area contributed by atoms with Gasteiger partial charge in [-0.1, -0.05) is 0 Å². The zero-order valence-corrected chi connectivity index (χ0v) is 13.2. The van der Waals surface area contributed by atoms with Gasteiger partial charge in [-0.25, -0.2) is 0 Å². The molecule has 1 rings (SSSR count). The average Bonchev–Trinajstić information content (AvgIpc) is 2.41. The van der Waals surface area contributed by atoms with Gasteiger partial charge in [0.1, 0.15) is 11.3 Å². The van der Waals surface area contributed by atoms with E-state index in [0.29, 0.717) is 0 Å². The van der Waals surface area contributed by atoms with Crippen LogP contribution >= 0.6 is 0 Å². The topological polar surface area (TPSA) is 65.5 Å². The minimum atomic E-state index is -4.61. The molecule has 1 aromatic rings. The number of rotatable bonds is 4. The number of carbonyl (C=O) groups is 2. The Morgan fingerprint density at radius 1 is 1.22 bits per heavy atom. The van der Waals surface area contributed by atoms with Gasteiger partial charge >= 0.3 is 18.1 Å². The lowest BCUT2D eigenvalue weighted by Crippen LogP contribution is -2.34. The van der Waals surface area contributed by atoms with Crippen molar-refractivity contribution in [2.24, 2.45) is 5.92 Å². The molecule has 1 atom stereocenters. The van der Waals surface area contributed by atoms with Crippen molar-refractivity contribution in [2.45, 2.75) is 39.0 Å². The highest BCUT2D eigenvalue weighted by molar-refractivity contribution is 5.95. The Labute approximate surface area is 131 Å². The Kier molecular flexibility index (Phi) is 5.74. The highest BCUT2D eigenvalue weighted by Gasteiger charge is 2.35. The van der Waals surface area contributed by atoms with Gasteiger partial charge in [-0.2, -0.15) is 13.2 Å². The fourth-order valence-corrected chi connectivity index (χ4v) is 1.77. The number of hydrogen-bond donors (Lipinski definition) is 0. The van der Waals surface area contributed by atoms with Crippen molar-refractivity contribution >= 4 is 11.9 Å². The lowest BCUT2D eigenvalue weighted by atomic mass is 9.99. The van der Waals surface area contributed by atoms with E-state index in [9.17, 15) is 22.8 Å². The summed E-state index contributed by atoms with van der Waals surface area (Å²) in [6.45, 7) is 4.86. The van der Waals surface area contributed by atoms with E-state index in [0.717, 1.165) is 19.4 Å². The second kappa shape index (κ2) is 6.97. The first kappa shape index (κ1) is 18.9. The molecule has 0 aliphatic heterocycles. The molecule has 0 aliphatic carbocycles. The van der Waals surface area contributed by atoms with Crippen LogP contribution in [0.2, 0.25) is 0 Å². The van der Waals surface area contributed by atoms with Crippen LogP contribution in [0.3, 0.4) is 0 Å². The van der Waals surface area contributed by atoms with Crippen LogP contribution in [0.1, 0.15) is 32.0 Å². The normalized spacial score (nSPS) is 13.3. The lowest BCUT2D eigenvalue weighted by Gasteiger charge is -2.23. The van der Waals surface area contributed by atoms with Crippen molar-refractivity contribution < 1.29 is 32.2 Å². The van der Waals surface area contributed by atoms with Crippen LogP contribution in [0.25, 0.3) is 0 Å². The average molecular weight is 333 g/mol. The molecular weight excluding hydrogens is 315 g/mol. The van der Waals surface area contributed by atoms with Crippen LogP contribution in [0.5, 0.6) is 0 Å². The number of pyridine rings is 1. The number of ether oxygens (including phenoxy) is 2. The minimum Gasteiger partial charge on any atom is -0.468 e. The van der Waals surface area contributed by atoms with E-state index in [1.54, 1.807) is 20.8 Å². The first-order valence-electron chi connectivity index (χ1n) is 6.77. The number of halogens is 3. The molecule has 0 radical (unpaired) electrons. The lowest BCUT2D eigenvalue weighted by molar-refractivity contribution is -0.168. The van der Waals surface area contributed by atoms with Gasteiger partial charge in [0.2, 0.25) is 0 Å². The fraction of sp³-hybridized carbons (Fsp3) is 0.533. The summed E-state index contributed by atoms with van der Waals surface area (Å²) in [5.74, 6) is -3.07. The molecule has 0 aliphatic rings. The van der Waals surface area contributed by atoms with Gasteiger partial charge in [0.15, 0.2) is 5.92 Å². The second-order valence-electron chi connectivity index (χ2n) is 5.86. The van der Waals surface area contributed by atoms with Gasteiger partial charge in [-0.15, -0.1) is 0 Å². The number of carbonyl (C=O) groups excluding carboxylic acids is 2. The number of aromatic nitrogens is 1. The van der Waals surface area contributed by atoms with Gasteiger partial charge in [0.25, 0.3) is 0 Å². The molecular formula is C15H18F3NO4. The van der Waals surface area contributed by atoms with E-state index in [-0.39, 0.29) is 12.0 Å². The molecule has 0 N–H and O–H groups in total. The number of alkyl halides is 3. The SMILES string of the molecule is COC(=O)C(Cc1ccnc(C(F)(F)F)c1)C(=O)OC(C)(C)C. The predicted octanol–water partition coefficient (Wildman–Crippen LogP) is 2.77. The van der Waals surface area contributed by atoms with Crippen LogP contribution in [-0.4, -0.2) is 29.6 Å². The third kappa shape index (κ3) is 5.88. The summed E-state index contributed by atoms with van der Waals surface area (Å²) in [6.07, 6.45) is -3.91. The maximum atomic E-state index is 12.7. The highest BCUT2D eigenvalue weighted by Crippen LogP contribution is 2.28. The number of esters is 2. The number of hydrogen-bond acceptors (Lipinski definition) is 5. The third-order valence-corrected chi connectivity index (χ3v) is 2.73. The van der Waals surface area contributed by atoms with Crippen molar-refractivity contribution in [3.05, 3.63) is 29.6 Å². The van der Waals surface area contributed by atoms with Crippen molar-refractivity contribution in [3.63, 3.8) is 0 Å². The largest absolute Gasteiger partial charge is 0.468 e. The third-order valence-electron chi connectivity index (χ3n) is 2.73. The van der Waals surface area contributed by atoms with Crippen LogP contribution in [0.4, 0.5) is 13.2 Å². The summed E-state index contributed by atoms with van der Waals surface area (Å²) in [5.41, 5.74) is -1.80. The van der Waals surface area contributed by atoms with Gasteiger partial charge < -0.3 is 9.47 Å². The zero-order valence-electron chi connectivity index (χ0n) is 13.2. The summed E-state index contributed by atoms with van der Waals surface area (Å²) in [6, 6.07) is 2.09. The van der Waals surface area contributed by atoms with Crippen LogP contribution < -0.4 is 0 Å². The molecule has 5 nitrogen and oxygen atoms in total. The summed E-state index contributed by atoms with van der Waals surface area (Å²) < 4.78 is 47.7. The van der Waals surface area contributed by atoms with Crippen molar-refractivity contribution in [1.82, 2.24) is 4.98 Å². The van der Waals surface area contributed by atoms with Gasteiger partial charge in [-0.05, 0) is 44.9 Å². The minimum absolute atomic E-state index is 0.133. The monoisotopic (exact) mass is 333 g/mol. The Morgan fingerprint density at radius 2 is 1.83 bits per heavy atom. The Morgan fingerprint density at radius 3 is 2.30 bits per heavy atom. The Hall–Kier alpha value is -2.12. The molecule has 1 heterocycles. The summed E-state index contributed by atoms with van der Waals surface area (Å²) in [5, 5.41) is 0. The predicted molar refractivity (Wildman–Crippen MR) is 74.3 cm³/mol. The molecule has 0 spiro atoms. The van der Waals surface area contributed by atoms with Crippen molar-refractivity contribution in [1.29, 1.82) is 0 Å². The van der Waals surface area contributed by atoms with E-state index in [2.05, 4.69) is 9.72 Å². The standard InChI is InChI=1S/C15H18F3NO4/c1-14(2,3)23-13(21)10(12(20)22-4)7-9-5-6-19-11(8-9)15(16,17)18/h5-6,8,10H,7H2,1-4H3. The molecule has 0 bridgehead atoms. The summed E-state index contributed by atoms with van der Waals surface area (Å²) in [4.78, 5) is 27.1. The molecule has 0 saturated carbocycles. The molecule has 1 aromatic heterocycles. The van der Waals surface area contributed by atoms with E-state index < -0.39 is 35.3 Å². The first-order chi connectivity index (χ1) is 10.4. The highest BCUT2D eigenvalue weighted by atomic mass is 19.4. The van der Waals surface area contributed by atoms with Crippen LogP contribution in [0, 0.1) is 5.92 Å². The molecule has 0 fully saturated rings. The van der Waals surface area contributed by atoms with Gasteiger partial charge in [0, 0.05) is 6.20 Å². The van der Waals surface area contributed by atoms with Crippen molar-refractivity contribution in [2.75, 3.05) is 7.11 Å². The molecule has 0 saturated heterocycles. The number of nitrogens with zero attached hydrogens (tertiary/aromatic N) is 1. The van der Waals surface area contributed by atoms with E-state index in [4.69, 9.17) is 4.74 Å². The molecule has 0 aromatic carbocycles. The van der Waals surface area contributed by atoms with Crippen LogP contribution in [-0.2, 0) is 31.7 Å². The van der Waals surface area contributed by atoms with Gasteiger partial charge in [0.05, 0.1) is 7.11 Å². The van der Waals surface area contributed by atoms with E-state index in [1.807, 2.05) is 0 Å². The maximum absolute atomic E-state index is 12.7. The van der Waals surface area contributed by atoms with Crippen LogP contribution in [0.15, 0.2) is 18.3 Å². The smallest absolute Gasteiger partial charge is 0.433 e. The van der Waals surface area contributed by atoms with Crippen molar-refractivity contribution in [3.8, 4) is 0 Å². The second-order valence-corrected chi connectivity index (χ2v) is 5.86.